The van der Waals surface area contributed by atoms with Crippen LogP contribution in [-0.2, 0) is 40.1 Å². The first-order valence-electron chi connectivity index (χ1n) is 8.06. The normalized spacial score (nSPS) is 18.8. The van der Waals surface area contributed by atoms with Gasteiger partial charge in [0.1, 0.15) is 11.6 Å². The molecule has 0 aromatic rings. The van der Waals surface area contributed by atoms with Gasteiger partial charge in [0, 0.05) is 21.1 Å². The largest absolute Gasteiger partial charge is 0.468 e. The summed E-state index contributed by atoms with van der Waals surface area (Å²) in [6.07, 6.45) is 1.64. The molecule has 0 saturated carbocycles. The summed E-state index contributed by atoms with van der Waals surface area (Å²) in [5.74, 6) is -0.778. The van der Waals surface area contributed by atoms with Gasteiger partial charge in [-0.2, -0.15) is 0 Å². The Morgan fingerprint density at radius 1 is 1.16 bits per heavy atom. The number of nitrogens with zero attached hydrogens (tertiary/aromatic N) is 1. The second-order valence-corrected chi connectivity index (χ2v) is 8.00. The van der Waals surface area contributed by atoms with Crippen molar-refractivity contribution in [3.8, 4) is 0 Å². The van der Waals surface area contributed by atoms with Gasteiger partial charge in [0.15, 0.2) is 0 Å². The minimum atomic E-state index is -0.814. The Morgan fingerprint density at radius 3 is 2.16 bits per heavy atom. The first-order valence-corrected chi connectivity index (χ1v) is 8.06. The van der Waals surface area contributed by atoms with E-state index in [1.807, 2.05) is 27.2 Å². The molecule has 0 spiro atoms. The number of amides is 2. The average molecular weight is 525 g/mol. The maximum Gasteiger partial charge on any atom is 0.408 e. The predicted molar refractivity (Wildman–Crippen MR) is 89.0 cm³/mol. The standard InChI is InChI=1S/C17H29N2O5.W/c1-16(2,3)12(18-15(22)24-17(4,5)6)13(20)19-10-8-9-11(19)14(21)23-7;/h8,11-12H,9-10H2,1-7H3,(H,18,22);/q-1;/t11-,12+;/m0./s1. The van der Waals surface area contributed by atoms with E-state index in [-0.39, 0.29) is 27.0 Å². The summed E-state index contributed by atoms with van der Waals surface area (Å²) in [4.78, 5) is 38.4. The minimum absolute atomic E-state index is 0. The molecule has 1 N–H and O–H groups in total. The van der Waals surface area contributed by atoms with E-state index in [1.165, 1.54) is 12.0 Å². The summed E-state index contributed by atoms with van der Waals surface area (Å²) >= 11 is 0. The fraction of sp³-hybridized carbons (Fsp3) is 0.765. The van der Waals surface area contributed by atoms with E-state index in [1.54, 1.807) is 20.8 Å². The predicted octanol–water partition coefficient (Wildman–Crippen LogP) is 1.90. The SMILES string of the molecule is COC(=O)[C@@H]1C[CH-]CN1C(=O)[C@@H](NC(=O)OC(C)(C)C)C(C)(C)C.[W]. The maximum atomic E-state index is 13.0. The number of ether oxygens (including phenoxy) is 2. The van der Waals surface area contributed by atoms with Gasteiger partial charge in [-0.05, 0) is 26.2 Å². The Balaban J connectivity index is 0.00000576. The molecule has 144 valence electrons. The molecule has 1 rings (SSSR count). The third-order valence-electron chi connectivity index (χ3n) is 3.62. The number of nitrogens with one attached hydrogen (secondary N) is 1. The second kappa shape index (κ2) is 9.02. The topological polar surface area (TPSA) is 84.9 Å². The van der Waals surface area contributed by atoms with Gasteiger partial charge in [0.2, 0.25) is 5.91 Å². The number of carbonyl (C=O) groups excluding carboxylic acids is 3. The second-order valence-electron chi connectivity index (χ2n) is 8.00. The molecule has 0 aliphatic carbocycles. The molecule has 2 amide bonds. The van der Waals surface area contributed by atoms with E-state index in [0.29, 0.717) is 13.0 Å². The van der Waals surface area contributed by atoms with E-state index >= 15 is 0 Å². The van der Waals surface area contributed by atoms with Gasteiger partial charge in [0.25, 0.3) is 0 Å². The molecule has 2 atom stereocenters. The van der Waals surface area contributed by atoms with Crippen molar-refractivity contribution in [2.24, 2.45) is 5.41 Å². The van der Waals surface area contributed by atoms with Crippen LogP contribution in [0.2, 0.25) is 0 Å². The third kappa shape index (κ3) is 6.96. The Kier molecular flexibility index (Phi) is 8.62. The molecule has 1 aliphatic heterocycles. The van der Waals surface area contributed by atoms with Crippen molar-refractivity contribution in [1.82, 2.24) is 10.2 Å². The number of hydrogen-bond donors (Lipinski definition) is 1. The number of rotatable bonds is 3. The molecule has 0 radical (unpaired) electrons. The minimum Gasteiger partial charge on any atom is -0.468 e. The molecule has 0 aromatic carbocycles. The number of methoxy groups -OCH3 is 1. The Bertz CT molecular complexity index is 496. The van der Waals surface area contributed by atoms with E-state index in [2.05, 4.69) is 5.32 Å². The van der Waals surface area contributed by atoms with Crippen LogP contribution in [0, 0.1) is 11.8 Å². The van der Waals surface area contributed by atoms with E-state index in [0.717, 1.165) is 0 Å². The van der Waals surface area contributed by atoms with Crippen LogP contribution in [0.4, 0.5) is 4.79 Å². The van der Waals surface area contributed by atoms with Gasteiger partial charge in [-0.25, -0.2) is 9.59 Å². The van der Waals surface area contributed by atoms with Crippen LogP contribution in [0.15, 0.2) is 0 Å². The zero-order valence-electron chi connectivity index (χ0n) is 16.0. The van der Waals surface area contributed by atoms with E-state index in [4.69, 9.17) is 9.47 Å². The average Bonchev–Trinajstić information content (AvgIpc) is 2.89. The number of carbonyl (C=O) groups is 3. The molecule has 0 aromatic heterocycles. The van der Waals surface area contributed by atoms with Crippen molar-refractivity contribution >= 4 is 18.0 Å². The fourth-order valence-corrected chi connectivity index (χ4v) is 2.47. The summed E-state index contributed by atoms with van der Waals surface area (Å²) in [5, 5.41) is 2.65. The molecule has 7 nitrogen and oxygen atoms in total. The molecule has 25 heavy (non-hydrogen) atoms. The number of likely N-dealkylation sites (tertiary alicyclic amines) is 1. The van der Waals surface area contributed by atoms with Gasteiger partial charge in [-0.15, -0.1) is 13.0 Å². The quantitative estimate of drug-likeness (QED) is 0.450. The molecule has 0 unspecified atom stereocenters. The van der Waals surface area contributed by atoms with Crippen LogP contribution < -0.4 is 5.32 Å². The van der Waals surface area contributed by atoms with Gasteiger partial charge in [0.05, 0.1) is 13.2 Å². The van der Waals surface area contributed by atoms with Crippen molar-refractivity contribution < 1.29 is 44.9 Å². The van der Waals surface area contributed by atoms with Crippen molar-refractivity contribution in [2.75, 3.05) is 13.7 Å². The molecule has 0 bridgehead atoms. The molecule has 1 saturated heterocycles. The summed E-state index contributed by atoms with van der Waals surface area (Å²) in [5.41, 5.74) is -1.21. The van der Waals surface area contributed by atoms with Gasteiger partial charge in [-0.1, -0.05) is 20.8 Å². The van der Waals surface area contributed by atoms with Crippen LogP contribution in [-0.4, -0.2) is 54.2 Å². The molecule has 1 aliphatic rings. The van der Waals surface area contributed by atoms with Crippen molar-refractivity contribution in [1.29, 1.82) is 0 Å². The summed E-state index contributed by atoms with van der Waals surface area (Å²) in [6.45, 7) is 11.1. The zero-order chi connectivity index (χ0) is 18.7. The first-order chi connectivity index (χ1) is 10.9. The Labute approximate surface area is 164 Å². The van der Waals surface area contributed by atoms with Crippen molar-refractivity contribution in [2.45, 2.75) is 65.6 Å². The Morgan fingerprint density at radius 2 is 1.72 bits per heavy atom. The van der Waals surface area contributed by atoms with Crippen LogP contribution >= 0.6 is 0 Å². The summed E-state index contributed by atoms with van der Waals surface area (Å²) in [7, 11) is 1.30. The number of alkyl carbamates (subject to hydrolysis) is 1. The molecule has 1 heterocycles. The van der Waals surface area contributed by atoms with Crippen LogP contribution in [0.1, 0.15) is 48.0 Å². The van der Waals surface area contributed by atoms with Crippen LogP contribution in [0.25, 0.3) is 0 Å². The third-order valence-corrected chi connectivity index (χ3v) is 3.62. The monoisotopic (exact) mass is 525 g/mol. The van der Waals surface area contributed by atoms with Gasteiger partial charge >= 0.3 is 12.1 Å². The van der Waals surface area contributed by atoms with Gasteiger partial charge in [-0.3, -0.25) is 4.79 Å². The molecule has 8 heteroatoms. The molecule has 1 fully saturated rings. The first kappa shape index (κ1) is 23.9. The van der Waals surface area contributed by atoms with Crippen LogP contribution in [0.5, 0.6) is 0 Å². The number of hydrogen-bond acceptors (Lipinski definition) is 5. The van der Waals surface area contributed by atoms with Gasteiger partial charge < -0.3 is 26.1 Å². The zero-order valence-corrected chi connectivity index (χ0v) is 19.0. The molecular weight excluding hydrogens is 496 g/mol. The fourth-order valence-electron chi connectivity index (χ4n) is 2.47. The number of esters is 1. The Hall–Kier alpha value is -1.10. The summed E-state index contributed by atoms with van der Waals surface area (Å²) in [6, 6.07) is -1.46. The van der Waals surface area contributed by atoms with E-state index in [9.17, 15) is 14.4 Å². The molecular formula is C17H29N2O5W-. The van der Waals surface area contributed by atoms with Crippen molar-refractivity contribution in [3.63, 3.8) is 0 Å². The maximum absolute atomic E-state index is 13.0. The smallest absolute Gasteiger partial charge is 0.408 e. The summed E-state index contributed by atoms with van der Waals surface area (Å²) < 4.78 is 10.0. The van der Waals surface area contributed by atoms with Crippen LogP contribution in [0.3, 0.4) is 0 Å². The van der Waals surface area contributed by atoms with E-state index < -0.39 is 35.2 Å². The van der Waals surface area contributed by atoms with Crippen molar-refractivity contribution in [3.05, 3.63) is 6.42 Å².